The van der Waals surface area contributed by atoms with E-state index in [9.17, 15) is 23.1 Å². The summed E-state index contributed by atoms with van der Waals surface area (Å²) in [7, 11) is 0. The number of aliphatic hydroxyl groups is 1. The summed E-state index contributed by atoms with van der Waals surface area (Å²) >= 11 is 0. The molecule has 2 aromatic rings. The number of rotatable bonds is 4. The van der Waals surface area contributed by atoms with Crippen molar-refractivity contribution in [1.82, 2.24) is 9.88 Å². The molecule has 0 unspecified atom stereocenters. The average Bonchev–Trinajstić information content (AvgIpc) is 2.72. The largest absolute Gasteiger partial charge is 0.474 e. The summed E-state index contributed by atoms with van der Waals surface area (Å²) in [6, 6.07) is 9.02. The molecule has 2 aliphatic rings. The van der Waals surface area contributed by atoms with E-state index in [0.29, 0.717) is 31.5 Å². The van der Waals surface area contributed by atoms with E-state index in [2.05, 4.69) is 4.98 Å². The molecule has 9 heteroatoms. The first kappa shape index (κ1) is 20.6. The number of carbonyl (C=O) groups excluding carboxylic acids is 1. The van der Waals surface area contributed by atoms with Crippen molar-refractivity contribution in [2.24, 2.45) is 0 Å². The molecule has 0 aliphatic carbocycles. The van der Waals surface area contributed by atoms with Gasteiger partial charge in [-0.2, -0.15) is 13.2 Å². The highest BCUT2D eigenvalue weighted by molar-refractivity contribution is 5.94. The lowest BCUT2D eigenvalue weighted by Gasteiger charge is -2.36. The van der Waals surface area contributed by atoms with E-state index in [4.69, 9.17) is 9.47 Å². The maximum Gasteiger partial charge on any atom is 0.417 e. The first-order chi connectivity index (χ1) is 14.2. The van der Waals surface area contributed by atoms with Gasteiger partial charge < -0.3 is 19.5 Å². The molecule has 160 valence electrons. The van der Waals surface area contributed by atoms with Gasteiger partial charge in [0.1, 0.15) is 11.7 Å². The molecular weight excluding hydrogens is 401 g/mol. The quantitative estimate of drug-likeness (QED) is 0.820. The van der Waals surface area contributed by atoms with Gasteiger partial charge in [-0.3, -0.25) is 4.79 Å². The number of aromatic nitrogens is 1. The van der Waals surface area contributed by atoms with Crippen LogP contribution in [0.4, 0.5) is 13.2 Å². The Labute approximate surface area is 171 Å². The van der Waals surface area contributed by atoms with E-state index >= 15 is 0 Å². The molecule has 0 bridgehead atoms. The summed E-state index contributed by atoms with van der Waals surface area (Å²) in [5.74, 6) is 0.0331. The van der Waals surface area contributed by atoms with Gasteiger partial charge in [-0.05, 0) is 23.8 Å². The second kappa shape index (κ2) is 7.88. The number of hydrogen-bond donors (Lipinski definition) is 1. The number of alkyl halides is 3. The summed E-state index contributed by atoms with van der Waals surface area (Å²) in [5, 5.41) is 10.3. The van der Waals surface area contributed by atoms with Crippen LogP contribution in [0.2, 0.25) is 0 Å². The Kier molecular flexibility index (Phi) is 5.42. The molecule has 0 atom stereocenters. The van der Waals surface area contributed by atoms with E-state index in [1.54, 1.807) is 29.2 Å². The van der Waals surface area contributed by atoms with Crippen LogP contribution in [0.1, 0.15) is 34.3 Å². The van der Waals surface area contributed by atoms with Gasteiger partial charge in [0.25, 0.3) is 5.91 Å². The lowest BCUT2D eigenvalue weighted by atomic mass is 9.91. The summed E-state index contributed by atoms with van der Waals surface area (Å²) in [4.78, 5) is 18.2. The molecule has 1 aromatic carbocycles. The third kappa shape index (κ3) is 4.27. The molecule has 4 rings (SSSR count). The standard InChI is InChI=1S/C21H21F3N2O4/c22-21(23,24)16-5-6-18(25-11-16)30-17-7-9-26(10-8-17)19(27)14-1-3-15(4-2-14)20(28)12-29-13-20/h1-6,11,17,28H,7-10,12-13H2. The number of halogens is 3. The Morgan fingerprint density at radius 3 is 2.30 bits per heavy atom. The Balaban J connectivity index is 1.30. The summed E-state index contributed by atoms with van der Waals surface area (Å²) < 4.78 is 48.5. The van der Waals surface area contributed by atoms with Crippen LogP contribution in [0.25, 0.3) is 0 Å². The topological polar surface area (TPSA) is 71.9 Å². The van der Waals surface area contributed by atoms with Crippen LogP contribution in [-0.4, -0.2) is 53.3 Å². The molecule has 1 aromatic heterocycles. The minimum atomic E-state index is -4.43. The zero-order chi connectivity index (χ0) is 21.4. The lowest BCUT2D eigenvalue weighted by Crippen LogP contribution is -2.46. The van der Waals surface area contributed by atoms with E-state index in [0.717, 1.165) is 17.8 Å². The van der Waals surface area contributed by atoms with Gasteiger partial charge in [0.2, 0.25) is 5.88 Å². The third-order valence-corrected chi connectivity index (χ3v) is 5.43. The summed E-state index contributed by atoms with van der Waals surface area (Å²) in [6.07, 6.45) is -2.77. The van der Waals surface area contributed by atoms with Crippen molar-refractivity contribution < 1.29 is 32.5 Å². The number of pyridine rings is 1. The van der Waals surface area contributed by atoms with Crippen LogP contribution in [0.3, 0.4) is 0 Å². The second-order valence-electron chi connectivity index (χ2n) is 7.59. The highest BCUT2D eigenvalue weighted by Crippen LogP contribution is 2.30. The number of hydrogen-bond acceptors (Lipinski definition) is 5. The van der Waals surface area contributed by atoms with E-state index in [1.165, 1.54) is 6.07 Å². The van der Waals surface area contributed by atoms with Crippen LogP contribution >= 0.6 is 0 Å². The van der Waals surface area contributed by atoms with Gasteiger partial charge in [0.05, 0.1) is 18.8 Å². The van der Waals surface area contributed by atoms with E-state index in [1.807, 2.05) is 0 Å². The van der Waals surface area contributed by atoms with Gasteiger partial charge in [-0.15, -0.1) is 0 Å². The number of amides is 1. The smallest absolute Gasteiger partial charge is 0.417 e. The first-order valence-corrected chi connectivity index (χ1v) is 9.64. The minimum Gasteiger partial charge on any atom is -0.474 e. The molecule has 0 saturated carbocycles. The van der Waals surface area contributed by atoms with Crippen LogP contribution < -0.4 is 4.74 Å². The number of nitrogens with zero attached hydrogens (tertiary/aromatic N) is 2. The SMILES string of the molecule is O=C(c1ccc(C2(O)COC2)cc1)N1CCC(Oc2ccc(C(F)(F)F)cn2)CC1. The van der Waals surface area contributed by atoms with Crippen molar-refractivity contribution in [3.63, 3.8) is 0 Å². The lowest BCUT2D eigenvalue weighted by molar-refractivity contribution is -0.184. The Bertz CT molecular complexity index is 888. The average molecular weight is 422 g/mol. The van der Waals surface area contributed by atoms with Crippen LogP contribution in [-0.2, 0) is 16.5 Å². The highest BCUT2D eigenvalue weighted by atomic mass is 19.4. The van der Waals surface area contributed by atoms with Crippen molar-refractivity contribution >= 4 is 5.91 Å². The number of carbonyl (C=O) groups is 1. The van der Waals surface area contributed by atoms with Crippen molar-refractivity contribution in [1.29, 1.82) is 0 Å². The van der Waals surface area contributed by atoms with Gasteiger partial charge in [0.15, 0.2) is 0 Å². The molecule has 2 saturated heterocycles. The zero-order valence-corrected chi connectivity index (χ0v) is 16.1. The maximum atomic E-state index is 12.7. The van der Waals surface area contributed by atoms with Gasteiger partial charge in [0, 0.05) is 43.8 Å². The minimum absolute atomic E-state index is 0.107. The number of likely N-dealkylation sites (tertiary alicyclic amines) is 1. The van der Waals surface area contributed by atoms with E-state index < -0.39 is 17.3 Å². The Morgan fingerprint density at radius 2 is 1.80 bits per heavy atom. The first-order valence-electron chi connectivity index (χ1n) is 9.64. The monoisotopic (exact) mass is 422 g/mol. The molecule has 1 amide bonds. The zero-order valence-electron chi connectivity index (χ0n) is 16.1. The second-order valence-corrected chi connectivity index (χ2v) is 7.59. The van der Waals surface area contributed by atoms with Gasteiger partial charge >= 0.3 is 6.18 Å². The van der Waals surface area contributed by atoms with Crippen LogP contribution in [0.5, 0.6) is 5.88 Å². The molecule has 0 spiro atoms. The number of ether oxygens (including phenoxy) is 2. The molecule has 6 nitrogen and oxygen atoms in total. The van der Waals surface area contributed by atoms with Gasteiger partial charge in [-0.1, -0.05) is 12.1 Å². The fourth-order valence-corrected chi connectivity index (χ4v) is 3.53. The van der Waals surface area contributed by atoms with Crippen LogP contribution in [0, 0.1) is 0 Å². The molecule has 2 fully saturated rings. The third-order valence-electron chi connectivity index (χ3n) is 5.43. The number of benzene rings is 1. The van der Waals surface area contributed by atoms with Crippen LogP contribution in [0.15, 0.2) is 42.6 Å². The Morgan fingerprint density at radius 1 is 1.13 bits per heavy atom. The highest BCUT2D eigenvalue weighted by Gasteiger charge is 2.38. The fourth-order valence-electron chi connectivity index (χ4n) is 3.53. The van der Waals surface area contributed by atoms with Crippen molar-refractivity contribution in [3.8, 4) is 5.88 Å². The molecule has 0 radical (unpaired) electrons. The normalized spacial score (nSPS) is 19.3. The molecule has 1 N–H and O–H groups in total. The predicted molar refractivity (Wildman–Crippen MR) is 100.0 cm³/mol. The summed E-state index contributed by atoms with van der Waals surface area (Å²) in [6.45, 7) is 1.45. The Hall–Kier alpha value is -2.65. The van der Waals surface area contributed by atoms with Crippen molar-refractivity contribution in [2.45, 2.75) is 30.7 Å². The van der Waals surface area contributed by atoms with Gasteiger partial charge in [-0.25, -0.2) is 4.98 Å². The molecule has 3 heterocycles. The maximum absolute atomic E-state index is 12.7. The van der Waals surface area contributed by atoms with Crippen molar-refractivity contribution in [3.05, 3.63) is 59.3 Å². The fraction of sp³-hybridized carbons (Fsp3) is 0.429. The molecule has 30 heavy (non-hydrogen) atoms. The molecule has 2 aliphatic heterocycles. The number of piperidine rings is 1. The predicted octanol–water partition coefficient (Wildman–Crippen LogP) is 3.00. The van der Waals surface area contributed by atoms with Crippen molar-refractivity contribution in [2.75, 3.05) is 26.3 Å². The molecular formula is C21H21F3N2O4. The van der Waals surface area contributed by atoms with E-state index in [-0.39, 0.29) is 31.1 Å². The summed E-state index contributed by atoms with van der Waals surface area (Å²) in [5.41, 5.74) is -0.532.